The molecule has 0 unspecified atom stereocenters. The third kappa shape index (κ3) is 6.04. The van der Waals surface area contributed by atoms with Gasteiger partial charge in [0.1, 0.15) is 0 Å². The number of rotatable bonds is 10. The molecule has 0 atom stereocenters. The smallest absolute Gasteiger partial charge is 0.344 e. The largest absolute Gasteiger partial charge is 0.493 e. The Labute approximate surface area is 198 Å². The summed E-state index contributed by atoms with van der Waals surface area (Å²) < 4.78 is 27.5. The van der Waals surface area contributed by atoms with E-state index in [9.17, 15) is 9.59 Å². The molecule has 1 amide bonds. The predicted octanol–water partition coefficient (Wildman–Crippen LogP) is 4.31. The zero-order chi connectivity index (χ0) is 23.8. The van der Waals surface area contributed by atoms with Gasteiger partial charge in [0.2, 0.25) is 0 Å². The summed E-state index contributed by atoms with van der Waals surface area (Å²) >= 11 is 3.41. The van der Waals surface area contributed by atoms with Gasteiger partial charge in [-0.05, 0) is 59.6 Å². The maximum Gasteiger partial charge on any atom is 0.344 e. The van der Waals surface area contributed by atoms with Crippen LogP contribution in [0.4, 0.5) is 0 Å². The Morgan fingerprint density at radius 2 is 1.94 bits per heavy atom. The third-order valence-corrected chi connectivity index (χ3v) is 4.89. The molecule has 0 saturated carbocycles. The molecular weight excluding hydrogens is 496 g/mol. The van der Waals surface area contributed by atoms with Crippen LogP contribution in [0.5, 0.6) is 17.2 Å². The molecule has 1 aromatic heterocycles. The van der Waals surface area contributed by atoms with E-state index < -0.39 is 11.9 Å². The van der Waals surface area contributed by atoms with Crippen LogP contribution < -0.4 is 19.6 Å². The Bertz CT molecular complexity index is 1170. The number of nitrogens with zero attached hydrogens (tertiary/aromatic N) is 1. The maximum atomic E-state index is 12.4. The fourth-order valence-corrected chi connectivity index (χ4v) is 3.50. The molecular formula is C23H23BrN2O7. The van der Waals surface area contributed by atoms with Crippen LogP contribution in [-0.2, 0) is 9.53 Å². The highest BCUT2D eigenvalue weighted by Crippen LogP contribution is 2.36. The summed E-state index contributed by atoms with van der Waals surface area (Å²) in [4.78, 5) is 24.0. The lowest BCUT2D eigenvalue weighted by Crippen LogP contribution is -2.17. The summed E-state index contributed by atoms with van der Waals surface area (Å²) in [5.74, 6) is 0.418. The van der Waals surface area contributed by atoms with Crippen molar-refractivity contribution < 1.29 is 33.0 Å². The van der Waals surface area contributed by atoms with Gasteiger partial charge in [0, 0.05) is 5.39 Å². The highest BCUT2D eigenvalue weighted by Gasteiger charge is 2.16. The fourth-order valence-electron chi connectivity index (χ4n) is 2.93. The summed E-state index contributed by atoms with van der Waals surface area (Å²) in [6, 6.07) is 10.4. The molecule has 1 heterocycles. The molecule has 0 aliphatic heterocycles. The summed E-state index contributed by atoms with van der Waals surface area (Å²) in [5, 5.41) is 4.74. The number of benzene rings is 2. The van der Waals surface area contributed by atoms with E-state index in [0.29, 0.717) is 39.5 Å². The first-order valence-corrected chi connectivity index (χ1v) is 10.9. The van der Waals surface area contributed by atoms with Crippen molar-refractivity contribution in [2.24, 2.45) is 5.10 Å². The van der Waals surface area contributed by atoms with Gasteiger partial charge in [0.05, 0.1) is 31.0 Å². The minimum absolute atomic E-state index is 0.102. The van der Waals surface area contributed by atoms with E-state index in [-0.39, 0.29) is 19.0 Å². The molecule has 2 aromatic carbocycles. The van der Waals surface area contributed by atoms with E-state index in [1.54, 1.807) is 31.2 Å². The standard InChI is InChI=1S/C23H23BrN2O7/c1-4-30-18-10-14(9-16(24)22(18)32-13-20(27)31-5-2)12-25-26-23(28)19-11-15-7-6-8-17(29-3)21(15)33-19/h6-12H,4-5,13H2,1-3H3,(H,26,28)/b25-12-. The van der Waals surface area contributed by atoms with Crippen molar-refractivity contribution >= 4 is 45.0 Å². The summed E-state index contributed by atoms with van der Waals surface area (Å²) in [6.07, 6.45) is 1.45. The van der Waals surface area contributed by atoms with Gasteiger partial charge in [-0.3, -0.25) is 4.79 Å². The van der Waals surface area contributed by atoms with Gasteiger partial charge in [-0.25, -0.2) is 10.2 Å². The quantitative estimate of drug-likeness (QED) is 0.242. The van der Waals surface area contributed by atoms with E-state index in [0.717, 1.165) is 5.39 Å². The molecule has 3 rings (SSSR count). The summed E-state index contributed by atoms with van der Waals surface area (Å²) in [7, 11) is 1.53. The monoisotopic (exact) mass is 518 g/mol. The van der Waals surface area contributed by atoms with E-state index in [1.807, 2.05) is 19.1 Å². The zero-order valence-corrected chi connectivity index (χ0v) is 19.9. The van der Waals surface area contributed by atoms with E-state index in [4.69, 9.17) is 23.4 Å². The number of carbonyl (C=O) groups is 2. The first-order valence-electron chi connectivity index (χ1n) is 10.1. The number of halogens is 1. The topological polar surface area (TPSA) is 109 Å². The minimum Gasteiger partial charge on any atom is -0.493 e. The second-order valence-electron chi connectivity index (χ2n) is 6.55. The Kier molecular flexibility index (Phi) is 8.31. The Morgan fingerprint density at radius 3 is 2.67 bits per heavy atom. The lowest BCUT2D eigenvalue weighted by atomic mass is 10.2. The number of para-hydroxylation sites is 1. The molecule has 174 valence electrons. The van der Waals surface area contributed by atoms with Gasteiger partial charge in [-0.2, -0.15) is 5.10 Å². The van der Waals surface area contributed by atoms with Crippen molar-refractivity contribution in [3.63, 3.8) is 0 Å². The minimum atomic E-state index is -0.511. The van der Waals surface area contributed by atoms with Crippen LogP contribution in [0.25, 0.3) is 11.0 Å². The molecule has 3 aromatic rings. The molecule has 10 heteroatoms. The Balaban J connectivity index is 1.72. The van der Waals surface area contributed by atoms with Crippen LogP contribution in [0.3, 0.4) is 0 Å². The van der Waals surface area contributed by atoms with Crippen LogP contribution in [0, 0.1) is 0 Å². The van der Waals surface area contributed by atoms with Crippen molar-refractivity contribution in [3.05, 3.63) is 52.2 Å². The summed E-state index contributed by atoms with van der Waals surface area (Å²) in [5.41, 5.74) is 3.54. The third-order valence-electron chi connectivity index (χ3n) is 4.30. The number of furan rings is 1. The number of fused-ring (bicyclic) bond motifs is 1. The number of hydrazone groups is 1. The number of hydrogen-bond acceptors (Lipinski definition) is 8. The van der Waals surface area contributed by atoms with Crippen molar-refractivity contribution in [1.29, 1.82) is 0 Å². The van der Waals surface area contributed by atoms with Gasteiger partial charge < -0.3 is 23.4 Å². The zero-order valence-electron chi connectivity index (χ0n) is 18.3. The lowest BCUT2D eigenvalue weighted by molar-refractivity contribution is -0.145. The molecule has 0 spiro atoms. The van der Waals surface area contributed by atoms with E-state index in [1.165, 1.54) is 13.3 Å². The average molecular weight is 519 g/mol. The van der Waals surface area contributed by atoms with Crippen molar-refractivity contribution in [1.82, 2.24) is 5.43 Å². The van der Waals surface area contributed by atoms with Gasteiger partial charge in [-0.1, -0.05) is 12.1 Å². The Hall–Kier alpha value is -3.53. The van der Waals surface area contributed by atoms with E-state index in [2.05, 4.69) is 26.5 Å². The number of nitrogens with one attached hydrogen (secondary N) is 1. The molecule has 33 heavy (non-hydrogen) atoms. The molecule has 0 saturated heterocycles. The number of ether oxygens (including phenoxy) is 4. The number of hydrogen-bond donors (Lipinski definition) is 1. The highest BCUT2D eigenvalue weighted by atomic mass is 79.9. The van der Waals surface area contributed by atoms with Gasteiger partial charge >= 0.3 is 11.9 Å². The highest BCUT2D eigenvalue weighted by molar-refractivity contribution is 9.10. The van der Waals surface area contributed by atoms with Gasteiger partial charge in [-0.15, -0.1) is 0 Å². The van der Waals surface area contributed by atoms with Crippen molar-refractivity contribution in [3.8, 4) is 17.2 Å². The van der Waals surface area contributed by atoms with Crippen molar-refractivity contribution in [2.45, 2.75) is 13.8 Å². The first-order chi connectivity index (χ1) is 16.0. The molecule has 0 radical (unpaired) electrons. The van der Waals surface area contributed by atoms with Gasteiger partial charge in [0.25, 0.3) is 0 Å². The van der Waals surface area contributed by atoms with E-state index >= 15 is 0 Å². The molecule has 1 N–H and O–H groups in total. The fraction of sp³-hybridized carbons (Fsp3) is 0.261. The average Bonchev–Trinajstić information content (AvgIpc) is 3.23. The van der Waals surface area contributed by atoms with Crippen LogP contribution in [-0.4, -0.2) is 45.0 Å². The van der Waals surface area contributed by atoms with Crippen molar-refractivity contribution in [2.75, 3.05) is 26.9 Å². The van der Waals surface area contributed by atoms with Crippen LogP contribution in [0.1, 0.15) is 30.0 Å². The number of amides is 1. The van der Waals surface area contributed by atoms with Crippen LogP contribution in [0.15, 0.2) is 50.4 Å². The first kappa shape index (κ1) is 24.1. The Morgan fingerprint density at radius 1 is 1.12 bits per heavy atom. The molecule has 0 fully saturated rings. The number of methoxy groups -OCH3 is 1. The van der Waals surface area contributed by atoms with Crippen LogP contribution in [0.2, 0.25) is 0 Å². The SMILES string of the molecule is CCOC(=O)COc1c(Br)cc(/C=N\NC(=O)c2cc3cccc(OC)c3o2)cc1OCC. The van der Waals surface area contributed by atoms with Gasteiger partial charge in [0.15, 0.2) is 35.2 Å². The predicted molar refractivity (Wildman–Crippen MR) is 125 cm³/mol. The summed E-state index contributed by atoms with van der Waals surface area (Å²) in [6.45, 7) is 3.95. The molecule has 0 aliphatic rings. The lowest BCUT2D eigenvalue weighted by Gasteiger charge is -2.14. The van der Waals surface area contributed by atoms with Crippen LogP contribution >= 0.6 is 15.9 Å². The second kappa shape index (κ2) is 11.4. The maximum absolute atomic E-state index is 12.4. The molecule has 0 aliphatic carbocycles. The number of esters is 1. The molecule has 9 nitrogen and oxygen atoms in total. The number of carbonyl (C=O) groups excluding carboxylic acids is 2. The second-order valence-corrected chi connectivity index (χ2v) is 7.40. The normalized spacial score (nSPS) is 10.9. The molecule has 0 bridgehead atoms.